The summed E-state index contributed by atoms with van der Waals surface area (Å²) < 4.78 is 0. The van der Waals surface area contributed by atoms with Gasteiger partial charge >= 0.3 is 0 Å². The summed E-state index contributed by atoms with van der Waals surface area (Å²) in [6, 6.07) is 0. The fourth-order valence-electron chi connectivity index (χ4n) is 3.38. The summed E-state index contributed by atoms with van der Waals surface area (Å²) in [5, 5.41) is 10.2. The van der Waals surface area contributed by atoms with Crippen LogP contribution in [0, 0.1) is 11.8 Å². The van der Waals surface area contributed by atoms with Gasteiger partial charge in [0, 0.05) is 5.92 Å². The predicted octanol–water partition coefficient (Wildman–Crippen LogP) is 2.98. The molecule has 0 saturated heterocycles. The van der Waals surface area contributed by atoms with Crippen LogP contribution in [0.15, 0.2) is 35.5 Å². The van der Waals surface area contributed by atoms with Gasteiger partial charge in [-0.3, -0.25) is 0 Å². The van der Waals surface area contributed by atoms with Crippen LogP contribution in [0.2, 0.25) is 0 Å². The first-order valence-corrected chi connectivity index (χ1v) is 6.11. The smallest absolute Gasteiger partial charge is 0.0611 e. The van der Waals surface area contributed by atoms with Crippen LogP contribution in [-0.4, -0.2) is 11.2 Å². The molecule has 0 aromatic heterocycles. The summed E-state index contributed by atoms with van der Waals surface area (Å²) in [5.74, 6) is 1.04. The van der Waals surface area contributed by atoms with Crippen molar-refractivity contribution in [2.24, 2.45) is 11.8 Å². The Morgan fingerprint density at radius 3 is 3.07 bits per heavy atom. The molecule has 0 heterocycles. The Labute approximate surface area is 91.2 Å². The van der Waals surface area contributed by atoms with Gasteiger partial charge in [-0.25, -0.2) is 0 Å². The number of fused-ring (bicyclic) bond motifs is 3. The molecule has 0 bridgehead atoms. The number of hydrogen-bond donors (Lipinski definition) is 1. The van der Waals surface area contributed by atoms with Crippen molar-refractivity contribution in [3.05, 3.63) is 35.5 Å². The Morgan fingerprint density at radius 2 is 2.13 bits per heavy atom. The summed E-state index contributed by atoms with van der Waals surface area (Å²) >= 11 is 0. The second-order valence-corrected chi connectivity index (χ2v) is 4.98. The molecular formula is C14H18O. The zero-order valence-corrected chi connectivity index (χ0v) is 9.02. The Bertz CT molecular complexity index is 348. The van der Waals surface area contributed by atoms with Crippen LogP contribution in [0.4, 0.5) is 0 Å². The van der Waals surface area contributed by atoms with E-state index in [1.165, 1.54) is 30.4 Å². The minimum absolute atomic E-state index is 0.0924. The van der Waals surface area contributed by atoms with Gasteiger partial charge in [-0.05, 0) is 43.6 Å². The highest BCUT2D eigenvalue weighted by Gasteiger charge is 2.37. The van der Waals surface area contributed by atoms with Gasteiger partial charge in [-0.2, -0.15) is 0 Å². The van der Waals surface area contributed by atoms with Crippen molar-refractivity contribution < 1.29 is 5.11 Å². The molecule has 1 saturated carbocycles. The lowest BCUT2D eigenvalue weighted by atomic mass is 9.66. The summed E-state index contributed by atoms with van der Waals surface area (Å²) in [6.45, 7) is 0. The van der Waals surface area contributed by atoms with Crippen LogP contribution in [-0.2, 0) is 0 Å². The molecule has 0 radical (unpaired) electrons. The average molecular weight is 202 g/mol. The third kappa shape index (κ3) is 1.50. The molecule has 3 aliphatic rings. The number of aliphatic hydroxyl groups is 1. The molecule has 1 N–H and O–H groups in total. The normalized spacial score (nSPS) is 38.9. The topological polar surface area (TPSA) is 20.2 Å². The lowest BCUT2D eigenvalue weighted by Crippen LogP contribution is -2.35. The summed E-state index contributed by atoms with van der Waals surface area (Å²) in [7, 11) is 0. The fraction of sp³-hybridized carbons (Fsp3) is 0.571. The minimum Gasteiger partial charge on any atom is -0.392 e. The average Bonchev–Trinajstić information content (AvgIpc) is 2.29. The molecule has 0 aromatic rings. The van der Waals surface area contributed by atoms with Gasteiger partial charge in [-0.15, -0.1) is 0 Å². The molecule has 3 atom stereocenters. The maximum Gasteiger partial charge on any atom is 0.0611 e. The third-order valence-electron chi connectivity index (χ3n) is 4.11. The molecule has 1 nitrogen and oxygen atoms in total. The zero-order chi connectivity index (χ0) is 10.3. The second-order valence-electron chi connectivity index (χ2n) is 4.98. The van der Waals surface area contributed by atoms with E-state index in [0.29, 0.717) is 11.8 Å². The van der Waals surface area contributed by atoms with E-state index in [-0.39, 0.29) is 6.10 Å². The molecule has 1 heteroatoms. The van der Waals surface area contributed by atoms with Crippen molar-refractivity contribution in [1.82, 2.24) is 0 Å². The van der Waals surface area contributed by atoms with Crippen molar-refractivity contribution in [2.45, 2.75) is 38.2 Å². The van der Waals surface area contributed by atoms with E-state index in [4.69, 9.17) is 0 Å². The van der Waals surface area contributed by atoms with E-state index in [9.17, 15) is 5.11 Å². The molecule has 3 unspecified atom stereocenters. The third-order valence-corrected chi connectivity index (χ3v) is 4.11. The monoisotopic (exact) mass is 202 g/mol. The first-order chi connectivity index (χ1) is 7.36. The molecular weight excluding hydrogens is 184 g/mol. The van der Waals surface area contributed by atoms with Crippen LogP contribution in [0.5, 0.6) is 0 Å². The van der Waals surface area contributed by atoms with E-state index >= 15 is 0 Å². The molecule has 0 aliphatic heterocycles. The van der Waals surface area contributed by atoms with Gasteiger partial charge in [0.25, 0.3) is 0 Å². The largest absolute Gasteiger partial charge is 0.392 e. The van der Waals surface area contributed by atoms with Gasteiger partial charge < -0.3 is 5.11 Å². The number of allylic oxidation sites excluding steroid dienone is 5. The molecule has 0 aromatic carbocycles. The van der Waals surface area contributed by atoms with Gasteiger partial charge in [0.2, 0.25) is 0 Å². The Hall–Kier alpha value is -0.820. The highest BCUT2D eigenvalue weighted by Crippen LogP contribution is 2.44. The zero-order valence-electron chi connectivity index (χ0n) is 9.02. The van der Waals surface area contributed by atoms with Gasteiger partial charge in [0.1, 0.15) is 0 Å². The molecule has 3 aliphatic carbocycles. The first-order valence-electron chi connectivity index (χ1n) is 6.11. The Morgan fingerprint density at radius 1 is 1.20 bits per heavy atom. The van der Waals surface area contributed by atoms with Gasteiger partial charge in [0.05, 0.1) is 6.10 Å². The predicted molar refractivity (Wildman–Crippen MR) is 61.4 cm³/mol. The van der Waals surface area contributed by atoms with Crippen LogP contribution >= 0.6 is 0 Å². The van der Waals surface area contributed by atoms with Gasteiger partial charge in [0.15, 0.2) is 0 Å². The lowest BCUT2D eigenvalue weighted by molar-refractivity contribution is 0.0721. The van der Waals surface area contributed by atoms with Crippen LogP contribution in [0.1, 0.15) is 32.1 Å². The SMILES string of the molecule is OC1CCCC2=CC=C3C=CCCC3C21. The van der Waals surface area contributed by atoms with E-state index in [1.807, 2.05) is 0 Å². The first kappa shape index (κ1) is 9.41. The number of hydrogen-bond acceptors (Lipinski definition) is 1. The number of aliphatic hydroxyl groups excluding tert-OH is 1. The Kier molecular flexibility index (Phi) is 2.28. The van der Waals surface area contributed by atoms with Crippen molar-refractivity contribution >= 4 is 0 Å². The van der Waals surface area contributed by atoms with Gasteiger partial charge in [-0.1, -0.05) is 29.9 Å². The van der Waals surface area contributed by atoms with Crippen LogP contribution < -0.4 is 0 Å². The van der Waals surface area contributed by atoms with E-state index in [1.54, 1.807) is 0 Å². The highest BCUT2D eigenvalue weighted by atomic mass is 16.3. The Balaban J connectivity index is 1.97. The molecule has 0 amide bonds. The molecule has 80 valence electrons. The maximum absolute atomic E-state index is 10.2. The second kappa shape index (κ2) is 3.64. The summed E-state index contributed by atoms with van der Waals surface area (Å²) in [4.78, 5) is 0. The van der Waals surface area contributed by atoms with Crippen molar-refractivity contribution in [2.75, 3.05) is 0 Å². The molecule has 0 spiro atoms. The summed E-state index contributed by atoms with van der Waals surface area (Å²) in [6.07, 6.45) is 14.7. The maximum atomic E-state index is 10.2. The quantitative estimate of drug-likeness (QED) is 0.640. The van der Waals surface area contributed by atoms with Crippen LogP contribution in [0.25, 0.3) is 0 Å². The lowest BCUT2D eigenvalue weighted by Gasteiger charge is -2.40. The van der Waals surface area contributed by atoms with Crippen molar-refractivity contribution in [3.8, 4) is 0 Å². The standard InChI is InChI=1S/C14H18O/c15-13-7-3-5-11-9-8-10-4-1-2-6-12(10)14(11)13/h1,4,8-9,12-15H,2-3,5-7H2. The van der Waals surface area contributed by atoms with Crippen molar-refractivity contribution in [1.29, 1.82) is 0 Å². The summed E-state index contributed by atoms with van der Waals surface area (Å²) in [5.41, 5.74) is 2.94. The minimum atomic E-state index is -0.0924. The number of rotatable bonds is 0. The van der Waals surface area contributed by atoms with E-state index in [2.05, 4.69) is 24.3 Å². The van der Waals surface area contributed by atoms with E-state index < -0.39 is 0 Å². The molecule has 15 heavy (non-hydrogen) atoms. The molecule has 3 rings (SSSR count). The molecule has 1 fully saturated rings. The fourth-order valence-corrected chi connectivity index (χ4v) is 3.38. The van der Waals surface area contributed by atoms with Crippen LogP contribution in [0.3, 0.4) is 0 Å². The van der Waals surface area contributed by atoms with Crippen molar-refractivity contribution in [3.63, 3.8) is 0 Å². The van der Waals surface area contributed by atoms with E-state index in [0.717, 1.165) is 12.8 Å². The highest BCUT2D eigenvalue weighted by molar-refractivity contribution is 5.38.